The smallest absolute Gasteiger partial charge is 0.255 e. The van der Waals surface area contributed by atoms with Crippen LogP contribution in [-0.2, 0) is 20.8 Å². The first-order valence-electron chi connectivity index (χ1n) is 8.56. The molecule has 3 aliphatic carbocycles. The van der Waals surface area contributed by atoms with Crippen molar-refractivity contribution in [1.29, 1.82) is 0 Å². The van der Waals surface area contributed by atoms with E-state index in [1.165, 1.54) is 12.1 Å². The van der Waals surface area contributed by atoms with Gasteiger partial charge in [0, 0.05) is 22.9 Å². The van der Waals surface area contributed by atoms with Crippen LogP contribution in [0.15, 0.2) is 29.0 Å². The van der Waals surface area contributed by atoms with Crippen molar-refractivity contribution in [2.75, 3.05) is 0 Å². The Hall–Kier alpha value is -2.84. The molecule has 28 heavy (non-hydrogen) atoms. The Morgan fingerprint density at radius 3 is 2.50 bits per heavy atom. The fourth-order valence-corrected chi connectivity index (χ4v) is 4.82. The minimum Gasteiger partial charge on any atom is -0.508 e. The van der Waals surface area contributed by atoms with Crippen LogP contribution >= 0.6 is 11.6 Å². The Morgan fingerprint density at radius 1 is 1.18 bits per heavy atom. The molecule has 0 bridgehead atoms. The fourth-order valence-electron chi connectivity index (χ4n) is 4.58. The number of carbonyl (C=O) groups is 3. The zero-order valence-corrected chi connectivity index (χ0v) is 15.2. The van der Waals surface area contributed by atoms with Crippen LogP contribution in [0.4, 0.5) is 0 Å². The second-order valence-electron chi connectivity index (χ2n) is 7.33. The van der Waals surface area contributed by atoms with E-state index in [-0.39, 0.29) is 36.1 Å². The second-order valence-corrected chi connectivity index (χ2v) is 7.73. The first-order valence-corrected chi connectivity index (χ1v) is 8.94. The lowest BCUT2D eigenvalue weighted by atomic mass is 9.59. The average molecular weight is 406 g/mol. The number of ketones is 2. The van der Waals surface area contributed by atoms with Crippen LogP contribution in [0.3, 0.4) is 0 Å². The average Bonchev–Trinajstić information content (AvgIpc) is 2.61. The molecule has 0 spiro atoms. The molecule has 4 rings (SSSR count). The summed E-state index contributed by atoms with van der Waals surface area (Å²) in [5.74, 6) is -6.53. The first-order chi connectivity index (χ1) is 13.1. The van der Waals surface area contributed by atoms with Gasteiger partial charge in [-0.15, -0.1) is 0 Å². The van der Waals surface area contributed by atoms with Crippen molar-refractivity contribution < 1.29 is 34.8 Å². The number of phenolic OH excluding ortho intramolecular Hbond substituents is 1. The van der Waals surface area contributed by atoms with Gasteiger partial charge in [-0.1, -0.05) is 11.6 Å². The third kappa shape index (κ3) is 2.18. The molecule has 0 radical (unpaired) electrons. The number of hydrogen-bond acceptors (Lipinski definition) is 7. The highest BCUT2D eigenvalue weighted by Crippen LogP contribution is 2.52. The van der Waals surface area contributed by atoms with Crippen molar-refractivity contribution in [2.45, 2.75) is 24.9 Å². The number of nitrogens with two attached hydrogens (primary N) is 1. The van der Waals surface area contributed by atoms with Gasteiger partial charge in [-0.2, -0.15) is 0 Å². The number of hydrogen-bond donors (Lipinski definition) is 5. The summed E-state index contributed by atoms with van der Waals surface area (Å²) < 4.78 is 0. The van der Waals surface area contributed by atoms with Crippen molar-refractivity contribution in [3.05, 3.63) is 45.2 Å². The predicted molar refractivity (Wildman–Crippen MR) is 96.4 cm³/mol. The van der Waals surface area contributed by atoms with Gasteiger partial charge in [-0.3, -0.25) is 14.4 Å². The zero-order chi connectivity index (χ0) is 20.5. The minimum absolute atomic E-state index is 0.0142. The molecule has 8 nitrogen and oxygen atoms in total. The number of aliphatic hydroxyl groups excluding tert-OH is 2. The van der Waals surface area contributed by atoms with Crippen molar-refractivity contribution >= 4 is 34.8 Å². The van der Waals surface area contributed by atoms with Crippen molar-refractivity contribution in [3.8, 4) is 5.75 Å². The maximum absolute atomic E-state index is 13.2. The van der Waals surface area contributed by atoms with Gasteiger partial charge in [-0.25, -0.2) is 0 Å². The number of aromatic hydroxyl groups is 1. The van der Waals surface area contributed by atoms with Crippen LogP contribution < -0.4 is 5.73 Å². The van der Waals surface area contributed by atoms with Gasteiger partial charge in [0.1, 0.15) is 22.8 Å². The second kappa shape index (κ2) is 5.83. The predicted octanol–water partition coefficient (Wildman–Crippen LogP) is 1.08. The molecule has 1 fully saturated rings. The van der Waals surface area contributed by atoms with E-state index < -0.39 is 52.0 Å². The lowest BCUT2D eigenvalue weighted by Gasteiger charge is -2.46. The van der Waals surface area contributed by atoms with E-state index in [1.807, 2.05) is 0 Å². The van der Waals surface area contributed by atoms with Crippen LogP contribution in [0.5, 0.6) is 5.75 Å². The van der Waals surface area contributed by atoms with Crippen LogP contribution in [0.25, 0.3) is 5.76 Å². The molecular weight excluding hydrogens is 390 g/mol. The van der Waals surface area contributed by atoms with Gasteiger partial charge in [0.25, 0.3) is 5.91 Å². The van der Waals surface area contributed by atoms with Crippen LogP contribution in [-0.4, -0.2) is 43.5 Å². The molecule has 6 N–H and O–H groups in total. The van der Waals surface area contributed by atoms with E-state index in [2.05, 4.69) is 0 Å². The monoisotopic (exact) mass is 405 g/mol. The Kier molecular flexibility index (Phi) is 3.85. The molecule has 3 atom stereocenters. The van der Waals surface area contributed by atoms with Gasteiger partial charge >= 0.3 is 0 Å². The highest BCUT2D eigenvalue weighted by atomic mass is 35.5. The summed E-state index contributed by atoms with van der Waals surface area (Å²) in [6.45, 7) is 0. The standard InChI is InChI=1S/C19H16ClNO7/c20-9-1-2-10(22)13-8(9)4-6-3-7-5-11(23)14(18(21)27)17(26)19(7,28)16(25)12(6)15(13)24/h1-2,6-7,22,24,26,28H,3-5H2,(H2,21,27)/t6?,7-,19-/m0/s1. The van der Waals surface area contributed by atoms with Gasteiger partial charge in [0.15, 0.2) is 11.4 Å². The normalized spacial score (nSPS) is 29.4. The number of carbonyl (C=O) groups excluding carboxylic acids is 3. The highest BCUT2D eigenvalue weighted by molar-refractivity contribution is 6.32. The number of rotatable bonds is 1. The molecule has 0 heterocycles. The summed E-state index contributed by atoms with van der Waals surface area (Å²) in [7, 11) is 0. The maximum atomic E-state index is 13.2. The number of amides is 1. The molecule has 146 valence electrons. The number of aliphatic hydroxyl groups is 3. The molecule has 0 saturated heterocycles. The molecule has 0 aliphatic heterocycles. The molecule has 3 aliphatic rings. The molecule has 1 amide bonds. The van der Waals surface area contributed by atoms with Gasteiger partial charge in [-0.05, 0) is 36.5 Å². The Bertz CT molecular complexity index is 1040. The van der Waals surface area contributed by atoms with Crippen LogP contribution in [0.1, 0.15) is 24.0 Å². The molecular formula is C19H16ClNO7. The zero-order valence-electron chi connectivity index (χ0n) is 14.4. The van der Waals surface area contributed by atoms with E-state index in [9.17, 15) is 34.8 Å². The molecule has 1 saturated carbocycles. The van der Waals surface area contributed by atoms with E-state index in [0.717, 1.165) is 0 Å². The number of benzene rings is 1. The molecule has 1 aromatic rings. The van der Waals surface area contributed by atoms with Crippen molar-refractivity contribution in [1.82, 2.24) is 0 Å². The minimum atomic E-state index is -2.55. The molecule has 0 aromatic heterocycles. The fraction of sp³-hybridized carbons (Fsp3) is 0.316. The highest BCUT2D eigenvalue weighted by Gasteiger charge is 2.60. The first kappa shape index (κ1) is 18.5. The summed E-state index contributed by atoms with van der Waals surface area (Å²) in [5.41, 5.74) is 2.01. The summed E-state index contributed by atoms with van der Waals surface area (Å²) in [4.78, 5) is 36.9. The third-order valence-corrected chi connectivity index (χ3v) is 6.24. The Labute approximate surface area is 163 Å². The number of Topliss-reactive ketones (excluding diaryl/α,β-unsaturated/α-hetero) is 2. The van der Waals surface area contributed by atoms with Gasteiger partial charge in [0.05, 0.1) is 5.56 Å². The summed E-state index contributed by atoms with van der Waals surface area (Å²) >= 11 is 6.18. The lowest BCUT2D eigenvalue weighted by Crippen LogP contribution is -2.58. The van der Waals surface area contributed by atoms with E-state index >= 15 is 0 Å². The summed E-state index contributed by atoms with van der Waals surface area (Å²) in [5, 5.41) is 42.6. The number of primary amides is 1. The van der Waals surface area contributed by atoms with Crippen molar-refractivity contribution in [2.24, 2.45) is 17.6 Å². The largest absolute Gasteiger partial charge is 0.508 e. The van der Waals surface area contributed by atoms with Crippen molar-refractivity contribution in [3.63, 3.8) is 0 Å². The van der Waals surface area contributed by atoms with Gasteiger partial charge < -0.3 is 26.2 Å². The number of phenols is 1. The number of halogens is 1. The SMILES string of the molecule is NC(=O)C1=C(O)[C@@]2(O)C(=O)C3=C(O)c4c(O)ccc(Cl)c4CC3C[C@H]2CC1=O. The third-order valence-electron chi connectivity index (χ3n) is 5.89. The van der Waals surface area contributed by atoms with Gasteiger partial charge in [0.2, 0.25) is 5.78 Å². The van der Waals surface area contributed by atoms with Crippen LogP contribution in [0.2, 0.25) is 5.02 Å². The Morgan fingerprint density at radius 2 is 1.86 bits per heavy atom. The van der Waals surface area contributed by atoms with E-state index in [0.29, 0.717) is 10.6 Å². The summed E-state index contributed by atoms with van der Waals surface area (Å²) in [6, 6.07) is 2.73. The molecule has 9 heteroatoms. The number of fused-ring (bicyclic) bond motifs is 3. The summed E-state index contributed by atoms with van der Waals surface area (Å²) in [6.07, 6.45) is -0.0771. The molecule has 1 aromatic carbocycles. The lowest BCUT2D eigenvalue weighted by molar-refractivity contribution is -0.147. The molecule has 1 unspecified atom stereocenters. The Balaban J connectivity index is 1.95. The van der Waals surface area contributed by atoms with E-state index in [1.54, 1.807) is 0 Å². The van der Waals surface area contributed by atoms with Crippen LogP contribution in [0, 0.1) is 11.8 Å². The topological polar surface area (TPSA) is 158 Å². The quantitative estimate of drug-likeness (QED) is 0.437. The maximum Gasteiger partial charge on any atom is 0.255 e. The van der Waals surface area contributed by atoms with E-state index in [4.69, 9.17) is 17.3 Å².